The Labute approximate surface area is 237 Å². The Kier molecular flexibility index (Phi) is 15.3. The zero-order valence-electron chi connectivity index (χ0n) is 22.1. The van der Waals surface area contributed by atoms with Crippen LogP contribution in [0.5, 0.6) is 0 Å². The normalized spacial score (nSPS) is 29.6. The van der Waals surface area contributed by atoms with E-state index in [1.54, 1.807) is 10.6 Å². The molecule has 0 spiro atoms. The van der Waals surface area contributed by atoms with E-state index in [4.69, 9.17) is 13.0 Å². The molecule has 2 saturated heterocycles. The molecule has 1 aromatic rings. The second-order valence-corrected chi connectivity index (χ2v) is 17.3. The van der Waals surface area contributed by atoms with E-state index in [1.807, 2.05) is 0 Å². The number of halogens is 3. The smallest absolute Gasteiger partial charge is 0.485 e. The summed E-state index contributed by atoms with van der Waals surface area (Å²) >= 11 is 0. The number of hydrogen-bond acceptors (Lipinski definition) is 3. The van der Waals surface area contributed by atoms with Crippen LogP contribution in [-0.2, 0) is 29.6 Å². The number of alkyl halides is 3. The van der Waals surface area contributed by atoms with E-state index in [0.29, 0.717) is 0 Å². The van der Waals surface area contributed by atoms with Crippen LogP contribution in [0.1, 0.15) is 79.1 Å². The second kappa shape index (κ2) is 16.2. The average molecular weight is 667 g/mol. The third-order valence-corrected chi connectivity index (χ3v) is 14.4. The molecule has 37 heavy (non-hydrogen) atoms. The summed E-state index contributed by atoms with van der Waals surface area (Å²) in [5.41, 5.74) is -1.91. The van der Waals surface area contributed by atoms with Crippen LogP contribution in [0.3, 0.4) is 0 Å². The molecule has 0 saturated carbocycles. The van der Waals surface area contributed by atoms with Crippen molar-refractivity contribution in [3.63, 3.8) is 0 Å². The molecule has 10 heteroatoms. The van der Waals surface area contributed by atoms with Gasteiger partial charge in [-0.3, -0.25) is 0 Å². The maximum Gasteiger partial charge on any atom is 0.485 e. The van der Waals surface area contributed by atoms with Crippen molar-refractivity contribution < 1.29 is 45.6 Å². The molecule has 213 valence electrons. The van der Waals surface area contributed by atoms with E-state index in [9.17, 15) is 13.2 Å². The van der Waals surface area contributed by atoms with E-state index in [-0.39, 0.29) is 35.3 Å². The number of benzene rings is 1. The molecule has 3 nitrogen and oxygen atoms in total. The summed E-state index contributed by atoms with van der Waals surface area (Å²) < 4.78 is 58.9. The van der Waals surface area contributed by atoms with E-state index >= 15 is 0 Å². The van der Waals surface area contributed by atoms with Crippen LogP contribution in [0.2, 0.25) is 0 Å². The van der Waals surface area contributed by atoms with Gasteiger partial charge in [0.25, 0.3) is 0 Å². The molecule has 2 heterocycles. The van der Waals surface area contributed by atoms with Crippen LogP contribution in [0.15, 0.2) is 48.6 Å². The Balaban J connectivity index is 0.000000335. The summed E-state index contributed by atoms with van der Waals surface area (Å²) in [6.45, 7) is 10.0. The van der Waals surface area contributed by atoms with Crippen molar-refractivity contribution in [2.45, 2.75) is 107 Å². The molecule has 4 unspecified atom stereocenters. The molecular formula is C27H40F3O3P2RhS-. The van der Waals surface area contributed by atoms with Crippen LogP contribution in [0, 0.1) is 0 Å². The predicted octanol–water partition coefficient (Wildman–Crippen LogP) is 7.76. The van der Waals surface area contributed by atoms with E-state index < -0.39 is 15.6 Å². The fourth-order valence-corrected chi connectivity index (χ4v) is 12.3. The first kappa shape index (κ1) is 34.9. The molecule has 0 aromatic heterocycles. The van der Waals surface area contributed by atoms with Gasteiger partial charge in [0.15, 0.2) is 10.1 Å². The molecule has 2 fully saturated rings. The summed E-state index contributed by atoms with van der Waals surface area (Å²) in [4.78, 5) is 0. The topological polar surface area (TPSA) is 57.2 Å². The summed E-state index contributed by atoms with van der Waals surface area (Å²) in [6.07, 6.45) is 19.8. The molecule has 3 aliphatic rings. The largest absolute Gasteiger partial charge is 0.741 e. The minimum atomic E-state index is -6.09. The molecule has 0 N–H and O–H groups in total. The summed E-state index contributed by atoms with van der Waals surface area (Å²) in [5, 5.41) is 3.57. The van der Waals surface area contributed by atoms with Crippen molar-refractivity contribution in [2.75, 3.05) is 0 Å². The Morgan fingerprint density at radius 1 is 0.703 bits per heavy atom. The maximum atomic E-state index is 10.7. The number of allylic oxidation sites excluding steroid dienone is 4. The Hall–Kier alpha value is -0.117. The fraction of sp³-hybridized carbons (Fsp3) is 0.630. The summed E-state index contributed by atoms with van der Waals surface area (Å²) in [6, 6.07) is 9.55. The molecule has 0 bridgehead atoms. The standard InChI is InChI=1S/C18H28P2.C8H12.CHF3O3S.Rh/c1-13-9-10-14(2)19(13)17-7-5-6-8-18(17)20-15(3)11-12-16(20)4;1-2-4-6-8-7-5-3-1;2-1(3,4)8(5,6)7;/h5-8,13-16H,9-12H2,1-4H3;1-2,7-8H,3-6H2;(H,5,6,7);/p-1. The molecule has 1 aromatic carbocycles. The van der Waals surface area contributed by atoms with Crippen LogP contribution in [-0.4, -0.2) is 41.1 Å². The van der Waals surface area contributed by atoms with Gasteiger partial charge in [0, 0.05) is 19.5 Å². The van der Waals surface area contributed by atoms with Crippen molar-refractivity contribution in [1.82, 2.24) is 0 Å². The van der Waals surface area contributed by atoms with Gasteiger partial charge in [-0.2, -0.15) is 13.2 Å². The van der Waals surface area contributed by atoms with E-state index in [2.05, 4.69) is 76.3 Å². The molecule has 0 amide bonds. The zero-order chi connectivity index (χ0) is 26.9. The minimum Gasteiger partial charge on any atom is -0.741 e. The van der Waals surface area contributed by atoms with Gasteiger partial charge in [-0.15, -0.1) is 0 Å². The second-order valence-electron chi connectivity index (χ2n) is 9.85. The van der Waals surface area contributed by atoms with Gasteiger partial charge in [-0.05, 0) is 84.6 Å². The van der Waals surface area contributed by atoms with Crippen molar-refractivity contribution >= 4 is 36.6 Å². The Morgan fingerprint density at radius 2 is 0.946 bits per heavy atom. The molecule has 1 radical (unpaired) electrons. The minimum absolute atomic E-state index is 0. The van der Waals surface area contributed by atoms with Gasteiger partial charge in [0.05, 0.1) is 0 Å². The first-order chi connectivity index (χ1) is 16.8. The molecule has 4 rings (SSSR count). The van der Waals surface area contributed by atoms with Gasteiger partial charge in [-0.1, -0.05) is 92.1 Å². The fourth-order valence-electron chi connectivity index (χ4n) is 5.10. The van der Waals surface area contributed by atoms with Crippen LogP contribution in [0.25, 0.3) is 0 Å². The average Bonchev–Trinajstić information content (AvgIpc) is 3.27. The van der Waals surface area contributed by atoms with Crippen LogP contribution in [0.4, 0.5) is 13.2 Å². The van der Waals surface area contributed by atoms with Crippen LogP contribution >= 0.6 is 15.8 Å². The van der Waals surface area contributed by atoms with Gasteiger partial charge in [0.2, 0.25) is 0 Å². The predicted molar refractivity (Wildman–Crippen MR) is 148 cm³/mol. The van der Waals surface area contributed by atoms with Gasteiger partial charge >= 0.3 is 5.51 Å². The first-order valence-corrected chi connectivity index (χ1v) is 17.2. The summed E-state index contributed by atoms with van der Waals surface area (Å²) in [5.74, 6) is 0. The van der Waals surface area contributed by atoms with E-state index in [1.165, 1.54) is 51.4 Å². The molecule has 2 aliphatic heterocycles. The third kappa shape index (κ3) is 10.8. The van der Waals surface area contributed by atoms with Crippen LogP contribution < -0.4 is 10.6 Å². The quantitative estimate of drug-likeness (QED) is 0.107. The summed E-state index contributed by atoms with van der Waals surface area (Å²) in [7, 11) is -5.93. The van der Waals surface area contributed by atoms with Gasteiger partial charge < -0.3 is 4.55 Å². The van der Waals surface area contributed by atoms with Crippen molar-refractivity contribution in [3.05, 3.63) is 48.6 Å². The monoisotopic (exact) mass is 666 g/mol. The SMILES string of the molecule is C1=CCCC=CCC1.CC1CCC(C)P1c1ccccc1P1C(C)CCC1C.O=S(=O)([O-])C(F)(F)F.[Rh]. The van der Waals surface area contributed by atoms with Gasteiger partial charge in [-0.25, -0.2) is 8.42 Å². The first-order valence-electron chi connectivity index (χ1n) is 12.8. The van der Waals surface area contributed by atoms with Crippen molar-refractivity contribution in [1.29, 1.82) is 0 Å². The molecule has 4 atom stereocenters. The maximum absolute atomic E-state index is 10.7. The number of hydrogen-bond donors (Lipinski definition) is 0. The Bertz CT molecular complexity index is 896. The zero-order valence-corrected chi connectivity index (χ0v) is 26.3. The van der Waals surface area contributed by atoms with Crippen molar-refractivity contribution in [2.24, 2.45) is 0 Å². The van der Waals surface area contributed by atoms with Crippen molar-refractivity contribution in [3.8, 4) is 0 Å². The molecular weight excluding hydrogens is 626 g/mol. The third-order valence-electron chi connectivity index (χ3n) is 6.96. The van der Waals surface area contributed by atoms with Gasteiger partial charge in [0.1, 0.15) is 0 Å². The molecule has 1 aliphatic carbocycles. The Morgan fingerprint density at radius 3 is 1.16 bits per heavy atom. The van der Waals surface area contributed by atoms with E-state index in [0.717, 1.165) is 22.6 Å². The number of rotatable bonds is 2.